The summed E-state index contributed by atoms with van der Waals surface area (Å²) in [6.45, 7) is 4.76. The molecule has 1 aliphatic heterocycles. The third kappa shape index (κ3) is 4.01. The number of rotatable bonds is 1. The van der Waals surface area contributed by atoms with Gasteiger partial charge in [-0.05, 0) is 61.2 Å². The average Bonchev–Trinajstić information content (AvgIpc) is 2.16. The molecule has 1 heterocycles. The van der Waals surface area contributed by atoms with Crippen LogP contribution in [0.25, 0.3) is 0 Å². The first-order valence-electron chi connectivity index (χ1n) is 6.28. The van der Waals surface area contributed by atoms with Gasteiger partial charge in [0, 0.05) is 13.1 Å². The van der Waals surface area contributed by atoms with E-state index in [0.717, 1.165) is 13.1 Å². The van der Waals surface area contributed by atoms with Crippen LogP contribution in [-0.4, -0.2) is 87.3 Å². The minimum atomic E-state index is 0.434. The summed E-state index contributed by atoms with van der Waals surface area (Å²) in [7, 11) is 11.0. The van der Waals surface area contributed by atoms with Gasteiger partial charge in [0.15, 0.2) is 0 Å². The van der Waals surface area contributed by atoms with Crippen molar-refractivity contribution in [1.82, 2.24) is 19.6 Å². The fourth-order valence-corrected chi connectivity index (χ4v) is 2.65. The van der Waals surface area contributed by atoms with Gasteiger partial charge in [-0.2, -0.15) is 0 Å². The first-order valence-corrected chi connectivity index (χ1v) is 6.28. The number of hydrogen-bond donors (Lipinski definition) is 0. The first-order chi connectivity index (χ1) is 7.52. The number of hydrogen-bond acceptors (Lipinski definition) is 4. The zero-order valence-electron chi connectivity index (χ0n) is 11.6. The lowest BCUT2D eigenvalue weighted by Crippen LogP contribution is -2.54. The Morgan fingerprint density at radius 3 is 1.62 bits per heavy atom. The van der Waals surface area contributed by atoms with E-state index in [-0.39, 0.29) is 0 Å². The van der Waals surface area contributed by atoms with Crippen molar-refractivity contribution in [3.63, 3.8) is 0 Å². The Kier molecular flexibility index (Phi) is 5.69. The minimum absolute atomic E-state index is 0.434. The van der Waals surface area contributed by atoms with Crippen molar-refractivity contribution >= 4 is 0 Å². The smallest absolute Gasteiger partial charge is 0.118 e. The van der Waals surface area contributed by atoms with Crippen molar-refractivity contribution in [2.75, 3.05) is 61.4 Å². The largest absolute Gasteiger partial charge is 0.306 e. The summed E-state index contributed by atoms with van der Waals surface area (Å²) in [5, 5.41) is 0. The van der Waals surface area contributed by atoms with Gasteiger partial charge < -0.3 is 4.90 Å². The Morgan fingerprint density at radius 2 is 1.25 bits per heavy atom. The molecule has 0 aromatic carbocycles. The van der Waals surface area contributed by atoms with E-state index in [2.05, 4.69) is 54.8 Å². The lowest BCUT2D eigenvalue weighted by molar-refractivity contribution is -0.0263. The van der Waals surface area contributed by atoms with Crippen LogP contribution in [0.4, 0.5) is 0 Å². The maximum absolute atomic E-state index is 2.44. The second-order valence-corrected chi connectivity index (χ2v) is 5.28. The Hall–Kier alpha value is -0.160. The zero-order chi connectivity index (χ0) is 12.1. The molecule has 0 unspecified atom stereocenters. The topological polar surface area (TPSA) is 13.0 Å². The van der Waals surface area contributed by atoms with Gasteiger partial charge in [-0.3, -0.25) is 14.7 Å². The van der Waals surface area contributed by atoms with Crippen LogP contribution >= 0.6 is 0 Å². The van der Waals surface area contributed by atoms with Gasteiger partial charge in [0.05, 0.1) is 0 Å². The second-order valence-electron chi connectivity index (χ2n) is 5.28. The minimum Gasteiger partial charge on any atom is -0.306 e. The quantitative estimate of drug-likeness (QED) is 0.645. The van der Waals surface area contributed by atoms with Crippen LogP contribution in [0.3, 0.4) is 0 Å². The summed E-state index contributed by atoms with van der Waals surface area (Å²) >= 11 is 0. The van der Waals surface area contributed by atoms with Crippen molar-refractivity contribution in [1.29, 1.82) is 0 Å². The average molecular weight is 228 g/mol. The lowest BCUT2D eigenvalue weighted by atomic mass is 10.3. The maximum atomic E-state index is 2.44. The van der Waals surface area contributed by atoms with Crippen LogP contribution in [0, 0.1) is 0 Å². The molecule has 96 valence electrons. The summed E-state index contributed by atoms with van der Waals surface area (Å²) in [4.78, 5) is 9.63. The highest BCUT2D eigenvalue weighted by Gasteiger charge is 2.22. The van der Waals surface area contributed by atoms with E-state index in [1.165, 1.54) is 25.9 Å². The van der Waals surface area contributed by atoms with E-state index < -0.39 is 0 Å². The Balaban J connectivity index is 2.61. The molecular weight excluding hydrogens is 200 g/mol. The zero-order valence-corrected chi connectivity index (χ0v) is 11.6. The summed E-state index contributed by atoms with van der Waals surface area (Å²) in [5.41, 5.74) is 0. The molecule has 16 heavy (non-hydrogen) atoms. The van der Waals surface area contributed by atoms with Crippen LogP contribution in [0.1, 0.15) is 12.8 Å². The Morgan fingerprint density at radius 1 is 0.812 bits per heavy atom. The van der Waals surface area contributed by atoms with Crippen LogP contribution in [-0.2, 0) is 0 Å². The molecule has 0 aromatic rings. The molecule has 0 saturated carbocycles. The SMILES string of the molecule is CN1CCCN(C)C(N(C)C)N(C)CCC1. The van der Waals surface area contributed by atoms with Gasteiger partial charge in [0.25, 0.3) is 0 Å². The van der Waals surface area contributed by atoms with E-state index in [9.17, 15) is 0 Å². The molecule has 0 aromatic heterocycles. The van der Waals surface area contributed by atoms with Crippen LogP contribution in [0.15, 0.2) is 0 Å². The fourth-order valence-electron chi connectivity index (χ4n) is 2.65. The van der Waals surface area contributed by atoms with Gasteiger partial charge in [-0.15, -0.1) is 0 Å². The predicted octanol–water partition coefficient (Wildman–Crippen LogP) is 0.421. The Bertz CT molecular complexity index is 179. The fraction of sp³-hybridized carbons (Fsp3) is 1.00. The molecule has 0 atom stereocenters. The monoisotopic (exact) mass is 228 g/mol. The van der Waals surface area contributed by atoms with Gasteiger partial charge in [-0.25, -0.2) is 0 Å². The van der Waals surface area contributed by atoms with Crippen LogP contribution in [0.5, 0.6) is 0 Å². The van der Waals surface area contributed by atoms with Gasteiger partial charge in [0.1, 0.15) is 6.29 Å². The molecule has 0 radical (unpaired) electrons. The van der Waals surface area contributed by atoms with Crippen molar-refractivity contribution < 1.29 is 0 Å². The van der Waals surface area contributed by atoms with Gasteiger partial charge in [-0.1, -0.05) is 0 Å². The molecule has 4 heteroatoms. The summed E-state index contributed by atoms with van der Waals surface area (Å²) in [6.07, 6.45) is 2.94. The standard InChI is InChI=1S/C12H28N4/c1-13(2)12-15(4)10-6-8-14(3)9-7-11-16(12)5/h12H,6-11H2,1-5H3. The highest BCUT2D eigenvalue weighted by Crippen LogP contribution is 2.08. The third-order valence-electron chi connectivity index (χ3n) is 3.35. The second kappa shape index (κ2) is 6.55. The Labute approximate surface area is 101 Å². The van der Waals surface area contributed by atoms with Crippen molar-refractivity contribution in [2.24, 2.45) is 0 Å². The molecule has 0 spiro atoms. The molecule has 0 amide bonds. The van der Waals surface area contributed by atoms with Gasteiger partial charge in [0.2, 0.25) is 0 Å². The predicted molar refractivity (Wildman–Crippen MR) is 69.5 cm³/mol. The molecule has 1 fully saturated rings. The molecule has 1 aliphatic rings. The number of nitrogens with zero attached hydrogens (tertiary/aromatic N) is 4. The van der Waals surface area contributed by atoms with E-state index in [1.54, 1.807) is 0 Å². The van der Waals surface area contributed by atoms with E-state index >= 15 is 0 Å². The van der Waals surface area contributed by atoms with Crippen LogP contribution in [0.2, 0.25) is 0 Å². The normalized spacial score (nSPS) is 25.1. The van der Waals surface area contributed by atoms with Gasteiger partial charge >= 0.3 is 0 Å². The van der Waals surface area contributed by atoms with Crippen molar-refractivity contribution in [3.8, 4) is 0 Å². The lowest BCUT2D eigenvalue weighted by Gasteiger charge is -2.40. The summed E-state index contributed by atoms with van der Waals surface area (Å²) in [5.74, 6) is 0. The van der Waals surface area contributed by atoms with Crippen molar-refractivity contribution in [2.45, 2.75) is 19.1 Å². The molecule has 1 rings (SSSR count). The highest BCUT2D eigenvalue weighted by molar-refractivity contribution is 4.69. The molecular formula is C12H28N4. The molecule has 1 saturated heterocycles. The molecule has 0 N–H and O–H groups in total. The summed E-state index contributed by atoms with van der Waals surface area (Å²) in [6, 6.07) is 0. The van der Waals surface area contributed by atoms with E-state index in [0.29, 0.717) is 6.29 Å². The third-order valence-corrected chi connectivity index (χ3v) is 3.35. The maximum Gasteiger partial charge on any atom is 0.118 e. The first kappa shape index (κ1) is 13.9. The van der Waals surface area contributed by atoms with E-state index in [4.69, 9.17) is 0 Å². The van der Waals surface area contributed by atoms with E-state index in [1.807, 2.05) is 0 Å². The van der Waals surface area contributed by atoms with Crippen molar-refractivity contribution in [3.05, 3.63) is 0 Å². The molecule has 0 aliphatic carbocycles. The van der Waals surface area contributed by atoms with Crippen LogP contribution < -0.4 is 0 Å². The highest BCUT2D eigenvalue weighted by atomic mass is 15.5. The summed E-state index contributed by atoms with van der Waals surface area (Å²) < 4.78 is 0. The molecule has 0 bridgehead atoms. The molecule has 4 nitrogen and oxygen atoms in total.